The molecular formula is C10H13BrN2OS. The number of halogens is 1. The van der Waals surface area contributed by atoms with E-state index in [-0.39, 0.29) is 0 Å². The molecular weight excluding hydrogens is 276 g/mol. The summed E-state index contributed by atoms with van der Waals surface area (Å²) in [5, 5.41) is 0. The van der Waals surface area contributed by atoms with Crippen LogP contribution in [0, 0.1) is 0 Å². The van der Waals surface area contributed by atoms with Crippen LogP contribution in [0.1, 0.15) is 0 Å². The van der Waals surface area contributed by atoms with Crippen LogP contribution in [0.5, 0.6) is 0 Å². The molecule has 1 aromatic rings. The van der Waals surface area contributed by atoms with Crippen molar-refractivity contribution in [2.45, 2.75) is 0 Å². The van der Waals surface area contributed by atoms with E-state index in [0.29, 0.717) is 0 Å². The van der Waals surface area contributed by atoms with Gasteiger partial charge in [-0.3, -0.25) is 4.21 Å². The van der Waals surface area contributed by atoms with E-state index in [1.54, 1.807) is 0 Å². The van der Waals surface area contributed by atoms with Gasteiger partial charge in [0.15, 0.2) is 0 Å². The molecule has 15 heavy (non-hydrogen) atoms. The second-order valence-corrected chi connectivity index (χ2v) is 6.10. The predicted octanol–water partition coefficient (Wildman–Crippen LogP) is 1.60. The molecule has 1 heterocycles. The van der Waals surface area contributed by atoms with Crippen molar-refractivity contribution in [3.8, 4) is 0 Å². The molecule has 1 aliphatic heterocycles. The maximum Gasteiger partial charge on any atom is 0.0512 e. The summed E-state index contributed by atoms with van der Waals surface area (Å²) in [6.07, 6.45) is 0. The van der Waals surface area contributed by atoms with Crippen molar-refractivity contribution in [1.82, 2.24) is 0 Å². The van der Waals surface area contributed by atoms with Gasteiger partial charge < -0.3 is 10.6 Å². The Balaban J connectivity index is 2.19. The van der Waals surface area contributed by atoms with Gasteiger partial charge in [-0.25, -0.2) is 0 Å². The number of hydrogen-bond donors (Lipinski definition) is 1. The Bertz CT molecular complexity index is 387. The number of nitrogens with two attached hydrogens (primary N) is 1. The van der Waals surface area contributed by atoms with Gasteiger partial charge in [-0.15, -0.1) is 0 Å². The van der Waals surface area contributed by atoms with Crippen LogP contribution in [0.15, 0.2) is 22.7 Å². The van der Waals surface area contributed by atoms with Gasteiger partial charge in [-0.05, 0) is 34.1 Å². The molecule has 82 valence electrons. The first-order valence-corrected chi connectivity index (χ1v) is 7.10. The molecule has 2 N–H and O–H groups in total. The molecule has 1 saturated heterocycles. The van der Waals surface area contributed by atoms with Crippen LogP contribution < -0.4 is 10.6 Å². The highest BCUT2D eigenvalue weighted by molar-refractivity contribution is 9.10. The Morgan fingerprint density at radius 3 is 2.60 bits per heavy atom. The molecule has 0 amide bonds. The van der Waals surface area contributed by atoms with Gasteiger partial charge in [0.25, 0.3) is 0 Å². The van der Waals surface area contributed by atoms with Crippen molar-refractivity contribution >= 4 is 38.1 Å². The van der Waals surface area contributed by atoms with E-state index >= 15 is 0 Å². The van der Waals surface area contributed by atoms with Crippen molar-refractivity contribution in [3.63, 3.8) is 0 Å². The van der Waals surface area contributed by atoms with Gasteiger partial charge in [0.1, 0.15) is 0 Å². The minimum Gasteiger partial charge on any atom is -0.399 e. The first-order valence-electron chi connectivity index (χ1n) is 4.82. The Labute approximate surface area is 100 Å². The van der Waals surface area contributed by atoms with Crippen LogP contribution in [0.4, 0.5) is 11.4 Å². The van der Waals surface area contributed by atoms with Gasteiger partial charge in [0, 0.05) is 45.6 Å². The third kappa shape index (κ3) is 2.52. The number of nitrogen functional groups attached to an aromatic ring is 1. The summed E-state index contributed by atoms with van der Waals surface area (Å²) in [5.41, 5.74) is 7.58. The summed E-state index contributed by atoms with van der Waals surface area (Å²) >= 11 is 3.50. The van der Waals surface area contributed by atoms with E-state index in [1.165, 1.54) is 0 Å². The number of benzene rings is 1. The molecule has 0 atom stereocenters. The zero-order valence-electron chi connectivity index (χ0n) is 8.28. The molecule has 1 fully saturated rings. The predicted molar refractivity (Wildman–Crippen MR) is 68.6 cm³/mol. The molecule has 0 spiro atoms. The van der Waals surface area contributed by atoms with E-state index in [0.717, 1.165) is 40.4 Å². The number of nitrogens with zero attached hydrogens (tertiary/aromatic N) is 1. The van der Waals surface area contributed by atoms with E-state index < -0.39 is 10.8 Å². The summed E-state index contributed by atoms with van der Waals surface area (Å²) in [4.78, 5) is 2.24. The Hall–Kier alpha value is -0.550. The lowest BCUT2D eigenvalue weighted by molar-refractivity contribution is 0.673. The third-order valence-corrected chi connectivity index (χ3v) is 4.40. The van der Waals surface area contributed by atoms with Crippen molar-refractivity contribution in [1.29, 1.82) is 0 Å². The normalized spacial score (nSPS) is 18.1. The topological polar surface area (TPSA) is 46.3 Å². The van der Waals surface area contributed by atoms with Crippen LogP contribution in [0.25, 0.3) is 0 Å². The number of anilines is 2. The highest BCUT2D eigenvalue weighted by atomic mass is 79.9. The van der Waals surface area contributed by atoms with Crippen molar-refractivity contribution in [2.75, 3.05) is 35.2 Å². The lowest BCUT2D eigenvalue weighted by Crippen LogP contribution is -2.37. The van der Waals surface area contributed by atoms with Crippen LogP contribution in [0.2, 0.25) is 0 Å². The first kappa shape index (κ1) is 11.0. The van der Waals surface area contributed by atoms with Gasteiger partial charge in [0.05, 0.1) is 5.69 Å². The average Bonchev–Trinajstić information content (AvgIpc) is 2.20. The quantitative estimate of drug-likeness (QED) is 0.799. The molecule has 1 aromatic carbocycles. The molecule has 5 heteroatoms. The van der Waals surface area contributed by atoms with Crippen LogP contribution in [-0.4, -0.2) is 28.8 Å². The standard InChI is InChI=1S/C10H13BrN2OS/c11-9-7-8(12)1-2-10(9)13-3-5-15(14)6-4-13/h1-2,7H,3-6,12H2. The first-order chi connectivity index (χ1) is 7.16. The lowest BCUT2D eigenvalue weighted by atomic mass is 10.2. The maximum atomic E-state index is 11.2. The minimum absolute atomic E-state index is 0.627. The van der Waals surface area contributed by atoms with E-state index in [9.17, 15) is 4.21 Å². The Kier molecular flexibility index (Phi) is 3.31. The lowest BCUT2D eigenvalue weighted by Gasteiger charge is -2.29. The van der Waals surface area contributed by atoms with Crippen LogP contribution >= 0.6 is 15.9 Å². The summed E-state index contributed by atoms with van der Waals surface area (Å²) in [7, 11) is -0.627. The molecule has 0 unspecified atom stereocenters. The molecule has 3 nitrogen and oxygen atoms in total. The van der Waals surface area contributed by atoms with Gasteiger partial charge in [-0.2, -0.15) is 0 Å². The third-order valence-electron chi connectivity index (χ3n) is 2.49. The average molecular weight is 289 g/mol. The fraction of sp³-hybridized carbons (Fsp3) is 0.400. The minimum atomic E-state index is -0.627. The number of hydrogen-bond acceptors (Lipinski definition) is 3. The SMILES string of the molecule is Nc1ccc(N2CCS(=O)CC2)c(Br)c1. The second-order valence-electron chi connectivity index (χ2n) is 3.55. The van der Waals surface area contributed by atoms with Crippen molar-refractivity contribution in [3.05, 3.63) is 22.7 Å². The zero-order chi connectivity index (χ0) is 10.8. The molecule has 0 saturated carbocycles. The summed E-state index contributed by atoms with van der Waals surface area (Å²) in [6, 6.07) is 5.81. The monoisotopic (exact) mass is 288 g/mol. The molecule has 2 rings (SSSR count). The van der Waals surface area contributed by atoms with Crippen LogP contribution in [-0.2, 0) is 10.8 Å². The molecule has 0 radical (unpaired) electrons. The highest BCUT2D eigenvalue weighted by Crippen LogP contribution is 2.28. The van der Waals surface area contributed by atoms with Gasteiger partial charge >= 0.3 is 0 Å². The maximum absolute atomic E-state index is 11.2. The smallest absolute Gasteiger partial charge is 0.0512 e. The van der Waals surface area contributed by atoms with Crippen LogP contribution in [0.3, 0.4) is 0 Å². The van der Waals surface area contributed by atoms with Gasteiger partial charge in [-0.1, -0.05) is 0 Å². The summed E-state index contributed by atoms with van der Waals surface area (Å²) in [6.45, 7) is 1.71. The molecule has 0 aliphatic carbocycles. The second kappa shape index (κ2) is 4.53. The molecule has 1 aliphatic rings. The Morgan fingerprint density at radius 2 is 2.00 bits per heavy atom. The van der Waals surface area contributed by atoms with Gasteiger partial charge in [0.2, 0.25) is 0 Å². The summed E-state index contributed by atoms with van der Waals surface area (Å²) < 4.78 is 12.2. The number of rotatable bonds is 1. The highest BCUT2D eigenvalue weighted by Gasteiger charge is 2.17. The van der Waals surface area contributed by atoms with E-state index in [1.807, 2.05) is 18.2 Å². The van der Waals surface area contributed by atoms with Crippen molar-refractivity contribution in [2.24, 2.45) is 0 Å². The largest absolute Gasteiger partial charge is 0.399 e. The zero-order valence-corrected chi connectivity index (χ0v) is 10.7. The fourth-order valence-electron chi connectivity index (χ4n) is 1.66. The van der Waals surface area contributed by atoms with Crippen molar-refractivity contribution < 1.29 is 4.21 Å². The van der Waals surface area contributed by atoms with E-state index in [4.69, 9.17) is 5.73 Å². The molecule has 0 bridgehead atoms. The Morgan fingerprint density at radius 1 is 1.33 bits per heavy atom. The van der Waals surface area contributed by atoms with E-state index in [2.05, 4.69) is 20.8 Å². The fourth-order valence-corrected chi connectivity index (χ4v) is 3.36. The molecule has 0 aromatic heterocycles. The summed E-state index contributed by atoms with van der Waals surface area (Å²) in [5.74, 6) is 1.52.